The van der Waals surface area contributed by atoms with E-state index in [2.05, 4.69) is 10.9 Å². The monoisotopic (exact) mass is 379 g/mol. The number of benzene rings is 2. The second-order valence-electron chi connectivity index (χ2n) is 6.20. The molecule has 1 heterocycles. The average Bonchev–Trinajstić information content (AvgIpc) is 2.70. The standard InChI is InChI=1S/C21H21N3O4/c1-2-14(23-24-21(22)27)12-16(13-8-4-3-5-9-13)18-19(25)15-10-6-7-11-17(15)28-20(18)26/h3-12,16,23,25H,2H2,1H3,(H3,22,24,27)/t16-/m0/s1. The maximum Gasteiger partial charge on any atom is 0.344 e. The maximum absolute atomic E-state index is 12.7. The smallest absolute Gasteiger partial charge is 0.344 e. The molecule has 5 N–H and O–H groups in total. The minimum absolute atomic E-state index is 0.122. The van der Waals surface area contributed by atoms with Gasteiger partial charge in [-0.15, -0.1) is 0 Å². The van der Waals surface area contributed by atoms with Crippen LogP contribution in [0.25, 0.3) is 11.0 Å². The lowest BCUT2D eigenvalue weighted by Gasteiger charge is -2.18. The van der Waals surface area contributed by atoms with E-state index < -0.39 is 17.6 Å². The molecule has 28 heavy (non-hydrogen) atoms. The molecule has 2 amide bonds. The number of rotatable bonds is 6. The second kappa shape index (κ2) is 8.30. The third kappa shape index (κ3) is 3.98. The number of aromatic hydroxyl groups is 1. The fraction of sp³-hybridized carbons (Fsp3) is 0.143. The number of carbonyl (C=O) groups excluding carboxylic acids is 1. The number of allylic oxidation sites excluding steroid dienone is 2. The molecular formula is C21H21N3O4. The van der Waals surface area contributed by atoms with E-state index in [9.17, 15) is 14.7 Å². The zero-order chi connectivity index (χ0) is 20.1. The van der Waals surface area contributed by atoms with E-state index in [4.69, 9.17) is 10.2 Å². The van der Waals surface area contributed by atoms with Gasteiger partial charge in [-0.25, -0.2) is 9.59 Å². The Kier molecular flexibility index (Phi) is 5.64. The summed E-state index contributed by atoms with van der Waals surface area (Å²) in [5, 5.41) is 11.3. The van der Waals surface area contributed by atoms with Gasteiger partial charge in [0, 0.05) is 11.6 Å². The van der Waals surface area contributed by atoms with Crippen molar-refractivity contribution in [2.75, 3.05) is 0 Å². The third-order valence-electron chi connectivity index (χ3n) is 4.38. The first-order chi connectivity index (χ1) is 13.5. The third-order valence-corrected chi connectivity index (χ3v) is 4.38. The molecule has 0 radical (unpaired) electrons. The Morgan fingerprint density at radius 1 is 1.14 bits per heavy atom. The van der Waals surface area contributed by atoms with Crippen molar-refractivity contribution in [2.45, 2.75) is 19.3 Å². The topological polar surface area (TPSA) is 118 Å². The summed E-state index contributed by atoms with van der Waals surface area (Å²) in [6.07, 6.45) is 2.29. The molecule has 1 aromatic heterocycles. The first kappa shape index (κ1) is 19.0. The summed E-state index contributed by atoms with van der Waals surface area (Å²) >= 11 is 0. The zero-order valence-electron chi connectivity index (χ0n) is 15.3. The van der Waals surface area contributed by atoms with Gasteiger partial charge in [-0.1, -0.05) is 55.5 Å². The predicted octanol–water partition coefficient (Wildman–Crippen LogP) is 3.10. The van der Waals surface area contributed by atoms with Crippen LogP contribution in [0.3, 0.4) is 0 Å². The van der Waals surface area contributed by atoms with Crippen molar-refractivity contribution >= 4 is 17.0 Å². The summed E-state index contributed by atoms with van der Waals surface area (Å²) in [6.45, 7) is 1.88. The van der Waals surface area contributed by atoms with E-state index in [0.29, 0.717) is 23.1 Å². The van der Waals surface area contributed by atoms with Crippen LogP contribution in [-0.2, 0) is 0 Å². The van der Waals surface area contributed by atoms with E-state index in [0.717, 1.165) is 5.56 Å². The number of carbonyl (C=O) groups is 1. The summed E-state index contributed by atoms with van der Waals surface area (Å²) in [4.78, 5) is 23.8. The van der Waals surface area contributed by atoms with Crippen LogP contribution < -0.4 is 22.2 Å². The van der Waals surface area contributed by atoms with Gasteiger partial charge in [0.25, 0.3) is 0 Å². The molecule has 7 nitrogen and oxygen atoms in total. The van der Waals surface area contributed by atoms with Crippen molar-refractivity contribution in [3.05, 3.63) is 87.9 Å². The summed E-state index contributed by atoms with van der Waals surface area (Å²) in [6, 6.07) is 15.3. The Morgan fingerprint density at radius 3 is 2.50 bits per heavy atom. The van der Waals surface area contributed by atoms with E-state index >= 15 is 0 Å². The lowest BCUT2D eigenvalue weighted by Crippen LogP contribution is -2.40. The number of primary amides is 1. The van der Waals surface area contributed by atoms with E-state index in [1.807, 2.05) is 37.3 Å². The number of hydrogen-bond donors (Lipinski definition) is 4. The van der Waals surface area contributed by atoms with Gasteiger partial charge < -0.3 is 20.7 Å². The summed E-state index contributed by atoms with van der Waals surface area (Å²) in [5.41, 5.74) is 11.4. The van der Waals surface area contributed by atoms with E-state index in [1.165, 1.54) is 0 Å². The second-order valence-corrected chi connectivity index (χ2v) is 6.20. The van der Waals surface area contributed by atoms with Crippen LogP contribution in [0.2, 0.25) is 0 Å². The molecule has 0 unspecified atom stereocenters. The largest absolute Gasteiger partial charge is 0.507 e. The fourth-order valence-electron chi connectivity index (χ4n) is 3.02. The highest BCUT2D eigenvalue weighted by atomic mass is 16.4. The van der Waals surface area contributed by atoms with Crippen LogP contribution in [0.4, 0.5) is 4.79 Å². The van der Waals surface area contributed by atoms with Crippen LogP contribution in [-0.4, -0.2) is 11.1 Å². The van der Waals surface area contributed by atoms with Crippen molar-refractivity contribution in [1.82, 2.24) is 10.9 Å². The first-order valence-corrected chi connectivity index (χ1v) is 8.83. The van der Waals surface area contributed by atoms with Crippen LogP contribution in [0.15, 0.2) is 75.6 Å². The molecular weight excluding hydrogens is 358 g/mol. The van der Waals surface area contributed by atoms with Crippen LogP contribution in [0.1, 0.15) is 30.4 Å². The molecule has 0 aliphatic carbocycles. The molecule has 144 valence electrons. The van der Waals surface area contributed by atoms with Gasteiger partial charge >= 0.3 is 11.7 Å². The van der Waals surface area contributed by atoms with Crippen molar-refractivity contribution in [2.24, 2.45) is 5.73 Å². The highest BCUT2D eigenvalue weighted by Gasteiger charge is 2.23. The molecule has 3 rings (SSSR count). The number of hydrazine groups is 1. The van der Waals surface area contributed by atoms with Gasteiger partial charge in [-0.3, -0.25) is 5.43 Å². The molecule has 7 heteroatoms. The normalized spacial score (nSPS) is 12.5. The number of para-hydroxylation sites is 1. The number of nitrogens with two attached hydrogens (primary N) is 1. The Balaban J connectivity index is 2.19. The minimum Gasteiger partial charge on any atom is -0.507 e. The number of urea groups is 1. The number of hydrogen-bond acceptors (Lipinski definition) is 5. The molecule has 2 aromatic carbocycles. The van der Waals surface area contributed by atoms with Gasteiger partial charge in [0.2, 0.25) is 0 Å². The lowest BCUT2D eigenvalue weighted by molar-refractivity contribution is 0.246. The van der Waals surface area contributed by atoms with Crippen LogP contribution >= 0.6 is 0 Å². The Morgan fingerprint density at radius 2 is 1.82 bits per heavy atom. The van der Waals surface area contributed by atoms with Gasteiger partial charge in [0.05, 0.1) is 10.9 Å². The van der Waals surface area contributed by atoms with E-state index in [1.54, 1.807) is 30.3 Å². The number of fused-ring (bicyclic) bond motifs is 1. The first-order valence-electron chi connectivity index (χ1n) is 8.83. The summed E-state index contributed by atoms with van der Waals surface area (Å²) in [5.74, 6) is -0.727. The molecule has 0 saturated carbocycles. The lowest BCUT2D eigenvalue weighted by atomic mass is 9.89. The maximum atomic E-state index is 12.7. The highest BCUT2D eigenvalue weighted by Crippen LogP contribution is 2.35. The summed E-state index contributed by atoms with van der Waals surface area (Å²) in [7, 11) is 0. The average molecular weight is 379 g/mol. The molecule has 0 spiro atoms. The zero-order valence-corrected chi connectivity index (χ0v) is 15.3. The SMILES string of the molecule is CCC(=C[C@@H](c1ccccc1)c1c(O)c2ccccc2oc1=O)NNC(N)=O. The predicted molar refractivity (Wildman–Crippen MR) is 107 cm³/mol. The molecule has 0 saturated heterocycles. The molecule has 0 bridgehead atoms. The van der Waals surface area contributed by atoms with Crippen LogP contribution in [0, 0.1) is 0 Å². The Bertz CT molecular complexity index is 1070. The van der Waals surface area contributed by atoms with Gasteiger partial charge in [-0.2, -0.15) is 0 Å². The molecule has 1 atom stereocenters. The fourth-order valence-corrected chi connectivity index (χ4v) is 3.02. The van der Waals surface area contributed by atoms with Crippen molar-refractivity contribution in [3.8, 4) is 5.75 Å². The van der Waals surface area contributed by atoms with Gasteiger partial charge in [-0.05, 0) is 24.1 Å². The van der Waals surface area contributed by atoms with Gasteiger partial charge in [0.15, 0.2) is 0 Å². The molecule has 0 aliphatic rings. The Hall–Kier alpha value is -3.74. The van der Waals surface area contributed by atoms with E-state index in [-0.39, 0.29) is 11.3 Å². The summed E-state index contributed by atoms with van der Waals surface area (Å²) < 4.78 is 5.43. The molecule has 3 aromatic rings. The quantitative estimate of drug-likeness (QED) is 0.388. The van der Waals surface area contributed by atoms with Crippen molar-refractivity contribution < 1.29 is 14.3 Å². The number of nitrogens with one attached hydrogen (secondary N) is 2. The van der Waals surface area contributed by atoms with Gasteiger partial charge in [0.1, 0.15) is 11.3 Å². The molecule has 0 aliphatic heterocycles. The van der Waals surface area contributed by atoms with Crippen molar-refractivity contribution in [3.63, 3.8) is 0 Å². The molecule has 0 fully saturated rings. The number of amides is 2. The highest BCUT2D eigenvalue weighted by molar-refractivity contribution is 5.84. The Labute approximate surface area is 161 Å². The van der Waals surface area contributed by atoms with Crippen LogP contribution in [0.5, 0.6) is 5.75 Å². The van der Waals surface area contributed by atoms with Crippen molar-refractivity contribution in [1.29, 1.82) is 0 Å². The minimum atomic E-state index is -0.733.